The van der Waals surface area contributed by atoms with Gasteiger partial charge in [-0.2, -0.15) is 0 Å². The van der Waals surface area contributed by atoms with Crippen molar-refractivity contribution in [3.63, 3.8) is 0 Å². The lowest BCUT2D eigenvalue weighted by Gasteiger charge is -2.39. The number of rotatable bonds is 15. The number of aliphatic hydroxyl groups is 5. The largest absolute Gasteiger partial charge is 0.390 e. The zero-order chi connectivity index (χ0) is 30.1. The molecule has 3 heterocycles. The Kier molecular flexibility index (Phi) is 13.3. The highest BCUT2D eigenvalue weighted by atomic mass is 16.7. The Labute approximate surface area is 238 Å². The van der Waals surface area contributed by atoms with Crippen molar-refractivity contribution in [2.45, 2.75) is 114 Å². The molecular weight excluding hydrogens is 548 g/mol. The minimum atomic E-state index is -1.41. The summed E-state index contributed by atoms with van der Waals surface area (Å²) in [7, 11) is 0. The van der Waals surface area contributed by atoms with Crippen LogP contribution in [-0.2, 0) is 38.2 Å². The fourth-order valence-electron chi connectivity index (χ4n) is 4.76. The highest BCUT2D eigenvalue weighted by Crippen LogP contribution is 2.23. The fraction of sp³-hybridized carbons (Fsp3) is 0.885. The Morgan fingerprint density at radius 2 is 1.41 bits per heavy atom. The van der Waals surface area contributed by atoms with Gasteiger partial charge in [0.15, 0.2) is 12.6 Å². The number of hydrogen-bond donors (Lipinski definition) is 5. The molecule has 15 heteroatoms. The normalized spacial score (nSPS) is 34.4. The first-order valence-electron chi connectivity index (χ1n) is 14.2. The number of hydroxylamine groups is 2. The first-order chi connectivity index (χ1) is 19.5. The van der Waals surface area contributed by atoms with E-state index in [0.29, 0.717) is 44.0 Å². The predicted molar refractivity (Wildman–Crippen MR) is 137 cm³/mol. The summed E-state index contributed by atoms with van der Waals surface area (Å²) in [4.78, 5) is 42.1. The van der Waals surface area contributed by atoms with Crippen LogP contribution in [0.25, 0.3) is 0 Å². The van der Waals surface area contributed by atoms with Gasteiger partial charge in [0.2, 0.25) is 0 Å². The molecular formula is C26H44N2O13. The average Bonchev–Trinajstić information content (AvgIpc) is 3.24. The number of carbonyl (C=O) groups is 3. The van der Waals surface area contributed by atoms with Crippen LogP contribution in [0.2, 0.25) is 0 Å². The van der Waals surface area contributed by atoms with E-state index in [-0.39, 0.29) is 38.9 Å². The zero-order valence-corrected chi connectivity index (χ0v) is 23.6. The van der Waals surface area contributed by atoms with Gasteiger partial charge in [-0.15, -0.1) is 5.06 Å². The van der Waals surface area contributed by atoms with Crippen LogP contribution in [0.5, 0.6) is 0 Å². The highest BCUT2D eigenvalue weighted by molar-refractivity contribution is 6.01. The van der Waals surface area contributed by atoms with Crippen LogP contribution >= 0.6 is 0 Å². The molecule has 3 saturated heterocycles. The molecule has 3 aliphatic rings. The molecule has 41 heavy (non-hydrogen) atoms. The SMILES string of the molecule is C[C@@H]1O[C@@H](OCCN(CCCCCC(=O)ON2C(=O)CCC2=O)CCO[C@@H]2O[C@@H](C)[C@@H](O)C[C@@H]2O)[C@@H](O)[C@H](O)[C@@H]1O. The molecule has 15 nitrogen and oxygen atoms in total. The van der Waals surface area contributed by atoms with Crippen LogP contribution in [0, 0.1) is 0 Å². The number of hydrogen-bond acceptors (Lipinski definition) is 14. The highest BCUT2D eigenvalue weighted by Gasteiger charge is 2.42. The summed E-state index contributed by atoms with van der Waals surface area (Å²) in [6.07, 6.45) is -6.85. The number of nitrogens with zero attached hydrogens (tertiary/aromatic N) is 2. The molecule has 0 aromatic heterocycles. The molecule has 0 bridgehead atoms. The van der Waals surface area contributed by atoms with E-state index in [0.717, 1.165) is 0 Å². The molecule has 0 spiro atoms. The molecule has 236 valence electrons. The summed E-state index contributed by atoms with van der Waals surface area (Å²) < 4.78 is 22.4. The maximum Gasteiger partial charge on any atom is 0.333 e. The van der Waals surface area contributed by atoms with Gasteiger partial charge in [0, 0.05) is 38.8 Å². The van der Waals surface area contributed by atoms with Crippen LogP contribution in [0.1, 0.15) is 58.8 Å². The summed E-state index contributed by atoms with van der Waals surface area (Å²) in [6.45, 7) is 5.02. The van der Waals surface area contributed by atoms with Crippen LogP contribution in [0.3, 0.4) is 0 Å². The summed E-state index contributed by atoms with van der Waals surface area (Å²) in [5.74, 6) is -1.69. The molecule has 2 amide bonds. The molecule has 0 aliphatic carbocycles. The third-order valence-corrected chi connectivity index (χ3v) is 7.43. The Morgan fingerprint density at radius 3 is 2.07 bits per heavy atom. The van der Waals surface area contributed by atoms with Gasteiger partial charge in [-0.1, -0.05) is 6.42 Å². The van der Waals surface area contributed by atoms with Crippen molar-refractivity contribution in [1.82, 2.24) is 9.96 Å². The van der Waals surface area contributed by atoms with Crippen molar-refractivity contribution in [2.75, 3.05) is 32.8 Å². The number of carbonyl (C=O) groups excluding carboxylic acids is 3. The van der Waals surface area contributed by atoms with Gasteiger partial charge in [0.05, 0.1) is 31.5 Å². The molecule has 0 radical (unpaired) electrons. The molecule has 3 fully saturated rings. The van der Waals surface area contributed by atoms with Crippen molar-refractivity contribution in [3.8, 4) is 0 Å². The maximum absolute atomic E-state index is 12.0. The first kappa shape index (κ1) is 33.7. The number of amides is 2. The zero-order valence-electron chi connectivity index (χ0n) is 23.6. The lowest BCUT2D eigenvalue weighted by atomic mass is 10.0. The lowest BCUT2D eigenvalue weighted by molar-refractivity contribution is -0.293. The topological polar surface area (TPSA) is 205 Å². The van der Waals surface area contributed by atoms with E-state index in [1.807, 2.05) is 4.90 Å². The molecule has 0 saturated carbocycles. The van der Waals surface area contributed by atoms with E-state index in [4.69, 9.17) is 23.8 Å². The van der Waals surface area contributed by atoms with Crippen molar-refractivity contribution >= 4 is 17.8 Å². The van der Waals surface area contributed by atoms with Gasteiger partial charge >= 0.3 is 5.97 Å². The Hall–Kier alpha value is -1.79. The van der Waals surface area contributed by atoms with E-state index < -0.39 is 73.1 Å². The maximum atomic E-state index is 12.0. The second-order valence-electron chi connectivity index (χ2n) is 10.7. The van der Waals surface area contributed by atoms with Crippen molar-refractivity contribution in [3.05, 3.63) is 0 Å². The van der Waals surface area contributed by atoms with Gasteiger partial charge in [0.1, 0.15) is 24.4 Å². The van der Waals surface area contributed by atoms with Crippen molar-refractivity contribution in [2.24, 2.45) is 0 Å². The third-order valence-electron chi connectivity index (χ3n) is 7.43. The first-order valence-corrected chi connectivity index (χ1v) is 14.2. The average molecular weight is 593 g/mol. The Balaban J connectivity index is 1.42. The third kappa shape index (κ3) is 9.88. The number of imide groups is 1. The molecule has 5 N–H and O–H groups in total. The quantitative estimate of drug-likeness (QED) is 0.105. The van der Waals surface area contributed by atoms with Gasteiger partial charge < -0.3 is 49.3 Å². The van der Waals surface area contributed by atoms with E-state index in [1.54, 1.807) is 13.8 Å². The minimum absolute atomic E-state index is 0.0373. The second kappa shape index (κ2) is 16.2. The van der Waals surface area contributed by atoms with Crippen LogP contribution < -0.4 is 0 Å². The second-order valence-corrected chi connectivity index (χ2v) is 10.7. The van der Waals surface area contributed by atoms with Gasteiger partial charge in [-0.25, -0.2) is 4.79 Å². The molecule has 3 rings (SSSR count). The fourth-order valence-corrected chi connectivity index (χ4v) is 4.76. The molecule has 3 aliphatic heterocycles. The smallest absolute Gasteiger partial charge is 0.333 e. The predicted octanol–water partition coefficient (Wildman–Crippen LogP) is -1.83. The number of aliphatic hydroxyl groups excluding tert-OH is 5. The molecule has 0 unspecified atom stereocenters. The lowest BCUT2D eigenvalue weighted by Crippen LogP contribution is -2.57. The standard InChI is InChI=1S/C26H44N2O13/c1-15-17(29)14-18(30)25(39-15)37-12-10-27(11-13-38-26-24(36)23(35)22(34)16(2)40-26)9-5-3-4-6-21(33)41-28-19(31)7-8-20(28)32/h15-18,22-26,29-30,34-36H,3-14H2,1-2H3/t15-,16-,17-,18-,22+,23+,24-,25+,26+/m0/s1. The summed E-state index contributed by atoms with van der Waals surface area (Å²) in [5.41, 5.74) is 0. The van der Waals surface area contributed by atoms with Gasteiger partial charge in [-0.05, 0) is 33.2 Å². The van der Waals surface area contributed by atoms with Crippen molar-refractivity contribution < 1.29 is 63.7 Å². The molecule has 9 atom stereocenters. The van der Waals surface area contributed by atoms with E-state index in [2.05, 4.69) is 0 Å². The Morgan fingerprint density at radius 1 is 0.805 bits per heavy atom. The monoisotopic (exact) mass is 592 g/mol. The van der Waals surface area contributed by atoms with E-state index >= 15 is 0 Å². The number of ether oxygens (including phenoxy) is 4. The van der Waals surface area contributed by atoms with E-state index in [9.17, 15) is 39.9 Å². The van der Waals surface area contributed by atoms with Crippen LogP contribution in [0.4, 0.5) is 0 Å². The summed E-state index contributed by atoms with van der Waals surface area (Å²) >= 11 is 0. The van der Waals surface area contributed by atoms with Crippen molar-refractivity contribution in [1.29, 1.82) is 0 Å². The molecule has 0 aromatic carbocycles. The molecule has 0 aromatic rings. The number of unbranched alkanes of at least 4 members (excludes halogenated alkanes) is 2. The Bertz CT molecular complexity index is 847. The minimum Gasteiger partial charge on any atom is -0.390 e. The van der Waals surface area contributed by atoms with E-state index in [1.165, 1.54) is 0 Å². The van der Waals surface area contributed by atoms with Gasteiger partial charge in [0.25, 0.3) is 11.8 Å². The van der Waals surface area contributed by atoms with Crippen LogP contribution in [0.15, 0.2) is 0 Å². The van der Waals surface area contributed by atoms with Crippen LogP contribution in [-0.4, -0.2) is 141 Å². The summed E-state index contributed by atoms with van der Waals surface area (Å²) in [5, 5.41) is 50.6. The van der Waals surface area contributed by atoms with Gasteiger partial charge in [-0.3, -0.25) is 14.5 Å². The summed E-state index contributed by atoms with van der Waals surface area (Å²) in [6, 6.07) is 0.